The van der Waals surface area contributed by atoms with Gasteiger partial charge in [-0.1, -0.05) is 29.8 Å². The van der Waals surface area contributed by atoms with E-state index < -0.39 is 0 Å². The molecule has 1 aliphatic rings. The molecule has 0 aliphatic carbocycles. The molecule has 0 saturated carbocycles. The maximum Gasteiger partial charge on any atom is 0.323 e. The van der Waals surface area contributed by atoms with Gasteiger partial charge >= 0.3 is 6.03 Å². The summed E-state index contributed by atoms with van der Waals surface area (Å²) < 4.78 is 0. The summed E-state index contributed by atoms with van der Waals surface area (Å²) in [5, 5.41) is 3.46. The van der Waals surface area contributed by atoms with Crippen LogP contribution in [0.15, 0.2) is 42.6 Å². The van der Waals surface area contributed by atoms with Crippen LogP contribution in [0.1, 0.15) is 18.1 Å². The maximum absolute atomic E-state index is 12.0. The highest BCUT2D eigenvalue weighted by atomic mass is 35.5. The second-order valence-electron chi connectivity index (χ2n) is 6.00. The predicted octanol–water partition coefficient (Wildman–Crippen LogP) is 3.38. The molecule has 6 heteroatoms. The lowest BCUT2D eigenvalue weighted by atomic mass is 9.97. The molecule has 1 N–H and O–H groups in total. The van der Waals surface area contributed by atoms with Gasteiger partial charge in [-0.25, -0.2) is 9.78 Å². The molecule has 24 heavy (non-hydrogen) atoms. The molecular formula is C18H18ClN3O2. The Morgan fingerprint density at radius 1 is 1.25 bits per heavy atom. The van der Waals surface area contributed by atoms with Crippen LogP contribution >= 0.6 is 11.6 Å². The number of amides is 2. The lowest BCUT2D eigenvalue weighted by Gasteiger charge is -2.37. The highest BCUT2D eigenvalue weighted by Gasteiger charge is 2.33. The van der Waals surface area contributed by atoms with E-state index in [0.717, 1.165) is 17.5 Å². The number of nitrogens with one attached hydrogen (secondary N) is 1. The molecule has 1 saturated heterocycles. The van der Waals surface area contributed by atoms with Crippen molar-refractivity contribution in [3.8, 4) is 0 Å². The van der Waals surface area contributed by atoms with Crippen molar-refractivity contribution in [1.82, 2.24) is 9.88 Å². The van der Waals surface area contributed by atoms with Crippen LogP contribution in [0.5, 0.6) is 0 Å². The number of hydrogen-bond donors (Lipinski definition) is 1. The first kappa shape index (κ1) is 16.5. The molecule has 1 fully saturated rings. The number of Topliss-reactive ketones (excluding diaryl/α,β-unsaturated/α-hetero) is 1. The van der Waals surface area contributed by atoms with E-state index >= 15 is 0 Å². The summed E-state index contributed by atoms with van der Waals surface area (Å²) >= 11 is 5.98. The van der Waals surface area contributed by atoms with Crippen molar-refractivity contribution in [3.63, 3.8) is 0 Å². The predicted molar refractivity (Wildman–Crippen MR) is 93.3 cm³/mol. The van der Waals surface area contributed by atoms with Gasteiger partial charge in [0.05, 0.1) is 5.92 Å². The van der Waals surface area contributed by atoms with E-state index in [0.29, 0.717) is 23.9 Å². The van der Waals surface area contributed by atoms with Gasteiger partial charge in [0.15, 0.2) is 0 Å². The molecule has 124 valence electrons. The molecule has 0 bridgehead atoms. The first-order valence-corrected chi connectivity index (χ1v) is 8.15. The summed E-state index contributed by atoms with van der Waals surface area (Å²) in [6.07, 6.45) is 2.47. The van der Waals surface area contributed by atoms with Crippen LogP contribution in [-0.2, 0) is 11.2 Å². The van der Waals surface area contributed by atoms with E-state index in [-0.39, 0.29) is 17.7 Å². The van der Waals surface area contributed by atoms with Gasteiger partial charge in [-0.15, -0.1) is 0 Å². The van der Waals surface area contributed by atoms with Crippen molar-refractivity contribution in [2.24, 2.45) is 5.92 Å². The van der Waals surface area contributed by atoms with Crippen molar-refractivity contribution in [1.29, 1.82) is 0 Å². The van der Waals surface area contributed by atoms with Crippen LogP contribution in [0.4, 0.5) is 10.6 Å². The number of nitrogens with zero attached hydrogens (tertiary/aromatic N) is 2. The maximum atomic E-state index is 12.0. The fourth-order valence-corrected chi connectivity index (χ4v) is 2.79. The zero-order valence-electron chi connectivity index (χ0n) is 13.3. The van der Waals surface area contributed by atoms with Gasteiger partial charge in [0, 0.05) is 24.3 Å². The molecule has 0 radical (unpaired) electrons. The lowest BCUT2D eigenvalue weighted by Crippen LogP contribution is -2.54. The normalized spacial score (nSPS) is 14.2. The average Bonchev–Trinajstić information content (AvgIpc) is 2.47. The van der Waals surface area contributed by atoms with Crippen LogP contribution in [0.2, 0.25) is 5.02 Å². The summed E-state index contributed by atoms with van der Waals surface area (Å²) in [6.45, 7) is 2.52. The Balaban J connectivity index is 1.55. The number of rotatable bonds is 4. The Morgan fingerprint density at radius 3 is 2.67 bits per heavy atom. The van der Waals surface area contributed by atoms with Crippen molar-refractivity contribution in [2.45, 2.75) is 13.3 Å². The van der Waals surface area contributed by atoms with Crippen LogP contribution in [0.3, 0.4) is 0 Å². The highest BCUT2D eigenvalue weighted by molar-refractivity contribution is 6.30. The van der Waals surface area contributed by atoms with Gasteiger partial charge in [0.2, 0.25) is 0 Å². The molecule has 1 aromatic carbocycles. The fourth-order valence-electron chi connectivity index (χ4n) is 2.58. The molecule has 3 rings (SSSR count). The first-order valence-electron chi connectivity index (χ1n) is 7.77. The van der Waals surface area contributed by atoms with Crippen LogP contribution < -0.4 is 5.32 Å². The Bertz CT molecular complexity index is 755. The van der Waals surface area contributed by atoms with E-state index in [1.165, 1.54) is 0 Å². The number of hydrogen-bond acceptors (Lipinski definition) is 3. The summed E-state index contributed by atoms with van der Waals surface area (Å²) in [5.41, 5.74) is 2.15. The molecular weight excluding hydrogens is 326 g/mol. The van der Waals surface area contributed by atoms with Crippen molar-refractivity contribution >= 4 is 29.2 Å². The minimum absolute atomic E-state index is 0.0243. The fraction of sp³-hybridized carbons (Fsp3) is 0.278. The number of carbonyl (C=O) groups is 2. The van der Waals surface area contributed by atoms with Crippen molar-refractivity contribution in [3.05, 3.63) is 58.7 Å². The number of anilines is 1. The monoisotopic (exact) mass is 343 g/mol. The average molecular weight is 344 g/mol. The molecule has 0 unspecified atom stereocenters. The minimum Gasteiger partial charge on any atom is -0.323 e. The molecule has 2 aromatic rings. The number of aromatic nitrogens is 1. The standard InChI is InChI=1S/C18H18ClN3O2/c1-12(23)15-10-22(11-15)18(24)21-17-6-5-14(9-20-17)7-13-3-2-4-16(19)8-13/h2-6,8-9,15H,7,10-11H2,1H3,(H,20,21,24). The van der Waals surface area contributed by atoms with Crippen LogP contribution in [-0.4, -0.2) is 34.8 Å². The molecule has 0 spiro atoms. The summed E-state index contributed by atoms with van der Waals surface area (Å²) in [7, 11) is 0. The largest absolute Gasteiger partial charge is 0.323 e. The second-order valence-corrected chi connectivity index (χ2v) is 6.44. The quantitative estimate of drug-likeness (QED) is 0.925. The summed E-state index contributed by atoms with van der Waals surface area (Å²) in [5.74, 6) is 0.604. The number of benzene rings is 1. The van der Waals surface area contributed by atoms with Gasteiger partial charge in [0.25, 0.3) is 0 Å². The Morgan fingerprint density at radius 2 is 2.04 bits per heavy atom. The number of ketones is 1. The summed E-state index contributed by atoms with van der Waals surface area (Å²) in [6, 6.07) is 11.2. The van der Waals surface area contributed by atoms with Crippen molar-refractivity contribution in [2.75, 3.05) is 18.4 Å². The lowest BCUT2D eigenvalue weighted by molar-refractivity contribution is -0.124. The number of pyridine rings is 1. The van der Waals surface area contributed by atoms with Gasteiger partial charge in [-0.2, -0.15) is 0 Å². The van der Waals surface area contributed by atoms with E-state index in [4.69, 9.17) is 11.6 Å². The van der Waals surface area contributed by atoms with Crippen LogP contribution in [0, 0.1) is 5.92 Å². The molecule has 2 amide bonds. The third kappa shape index (κ3) is 3.92. The molecule has 1 aromatic heterocycles. The molecule has 1 aliphatic heterocycles. The third-order valence-electron chi connectivity index (χ3n) is 4.10. The Labute approximate surface area is 145 Å². The van der Waals surface area contributed by atoms with Crippen molar-refractivity contribution < 1.29 is 9.59 Å². The minimum atomic E-state index is -0.220. The van der Waals surface area contributed by atoms with Gasteiger partial charge in [-0.05, 0) is 42.7 Å². The zero-order valence-corrected chi connectivity index (χ0v) is 14.1. The van der Waals surface area contributed by atoms with E-state index in [1.54, 1.807) is 24.1 Å². The number of halogens is 1. The molecule has 5 nitrogen and oxygen atoms in total. The topological polar surface area (TPSA) is 62.3 Å². The Hall–Kier alpha value is -2.40. The van der Waals surface area contributed by atoms with E-state index in [9.17, 15) is 9.59 Å². The third-order valence-corrected chi connectivity index (χ3v) is 4.34. The number of carbonyl (C=O) groups excluding carboxylic acids is 2. The first-order chi connectivity index (χ1) is 11.5. The molecule has 0 atom stereocenters. The SMILES string of the molecule is CC(=O)C1CN(C(=O)Nc2ccc(Cc3cccc(Cl)c3)cn2)C1. The smallest absolute Gasteiger partial charge is 0.323 e. The summed E-state index contributed by atoms with van der Waals surface area (Å²) in [4.78, 5) is 29.1. The van der Waals surface area contributed by atoms with Gasteiger partial charge in [-0.3, -0.25) is 10.1 Å². The van der Waals surface area contributed by atoms with E-state index in [1.807, 2.05) is 30.3 Å². The number of likely N-dealkylation sites (tertiary alicyclic amines) is 1. The zero-order chi connectivity index (χ0) is 17.1. The van der Waals surface area contributed by atoms with E-state index in [2.05, 4.69) is 10.3 Å². The Kier molecular flexibility index (Phi) is 4.81. The number of urea groups is 1. The second kappa shape index (κ2) is 7.01. The highest BCUT2D eigenvalue weighted by Crippen LogP contribution is 2.18. The van der Waals surface area contributed by atoms with Gasteiger partial charge in [0.1, 0.15) is 11.6 Å². The van der Waals surface area contributed by atoms with Crippen LogP contribution in [0.25, 0.3) is 0 Å². The van der Waals surface area contributed by atoms with Gasteiger partial charge < -0.3 is 4.90 Å². The molecule has 2 heterocycles.